The monoisotopic (exact) mass is 375 g/mol. The molecule has 0 aliphatic heterocycles. The first-order chi connectivity index (χ1) is 11.4. The highest BCUT2D eigenvalue weighted by molar-refractivity contribution is 7.92. The minimum absolute atomic E-state index is 0.0315. The molecule has 0 spiro atoms. The maximum Gasteiger partial charge on any atom is 0.387 e. The molecule has 2 aromatic rings. The first kappa shape index (κ1) is 18.5. The van der Waals surface area contributed by atoms with Gasteiger partial charge in [-0.3, -0.25) is 4.72 Å². The molecule has 0 aromatic heterocycles. The maximum atomic E-state index is 12.4. The van der Waals surface area contributed by atoms with Crippen LogP contribution in [0.4, 0.5) is 14.5 Å². The Bertz CT molecular complexity index is 767. The number of para-hydroxylation sites is 2. The summed E-state index contributed by atoms with van der Waals surface area (Å²) in [6.45, 7) is -3.04. The van der Waals surface area contributed by atoms with Crippen LogP contribution in [0.1, 0.15) is 12.0 Å². The lowest BCUT2D eigenvalue weighted by Gasteiger charge is -2.13. The van der Waals surface area contributed by atoms with E-state index < -0.39 is 16.6 Å². The average Bonchev–Trinajstić information content (AvgIpc) is 2.54. The molecule has 0 fully saturated rings. The molecular weight excluding hydrogens is 360 g/mol. The Balaban J connectivity index is 2.19. The summed E-state index contributed by atoms with van der Waals surface area (Å²) < 4.78 is 56.1. The highest BCUT2D eigenvalue weighted by atomic mass is 35.5. The fourth-order valence-corrected chi connectivity index (χ4v) is 3.26. The van der Waals surface area contributed by atoms with Gasteiger partial charge < -0.3 is 4.74 Å². The molecule has 4 nitrogen and oxygen atoms in total. The Kier molecular flexibility index (Phi) is 6.39. The van der Waals surface area contributed by atoms with Crippen LogP contribution in [0, 0.1) is 0 Å². The van der Waals surface area contributed by atoms with Crippen molar-refractivity contribution in [3.8, 4) is 5.75 Å². The van der Waals surface area contributed by atoms with Crippen LogP contribution in [0.25, 0.3) is 0 Å². The van der Waals surface area contributed by atoms with E-state index in [2.05, 4.69) is 9.46 Å². The topological polar surface area (TPSA) is 55.4 Å². The summed E-state index contributed by atoms with van der Waals surface area (Å²) in [5.41, 5.74) is 0.917. The average molecular weight is 376 g/mol. The normalized spacial score (nSPS) is 11.5. The van der Waals surface area contributed by atoms with Gasteiger partial charge in [0.15, 0.2) is 0 Å². The van der Waals surface area contributed by atoms with Gasteiger partial charge >= 0.3 is 6.61 Å². The van der Waals surface area contributed by atoms with Crippen molar-refractivity contribution in [2.45, 2.75) is 24.3 Å². The summed E-state index contributed by atoms with van der Waals surface area (Å²) in [5.74, 6) is 0.289. The molecule has 0 aliphatic carbocycles. The van der Waals surface area contributed by atoms with Crippen molar-refractivity contribution in [2.75, 3.05) is 10.6 Å². The highest BCUT2D eigenvalue weighted by Crippen LogP contribution is 2.28. The molecule has 0 saturated heterocycles. The highest BCUT2D eigenvalue weighted by Gasteiger charge is 2.17. The van der Waals surface area contributed by atoms with Gasteiger partial charge in [-0.15, -0.1) is 11.6 Å². The van der Waals surface area contributed by atoms with E-state index in [9.17, 15) is 17.2 Å². The molecule has 0 atom stereocenters. The van der Waals surface area contributed by atoms with Crippen LogP contribution in [0.5, 0.6) is 5.75 Å². The van der Waals surface area contributed by atoms with Crippen LogP contribution < -0.4 is 9.46 Å². The van der Waals surface area contributed by atoms with Crippen molar-refractivity contribution in [1.29, 1.82) is 0 Å². The van der Waals surface area contributed by atoms with Crippen molar-refractivity contribution in [1.82, 2.24) is 0 Å². The standard InChI is InChI=1S/C16H16ClF2NO3S/c17-11-3-4-12-7-9-13(10-8-12)24(21,22)20-14-5-1-2-6-15(14)23-16(18)19/h1-2,5-10,16,20H,3-4,11H2. The lowest BCUT2D eigenvalue weighted by molar-refractivity contribution is -0.0493. The molecule has 1 N–H and O–H groups in total. The number of aryl methyl sites for hydroxylation is 1. The molecule has 0 unspecified atom stereocenters. The number of anilines is 1. The van der Waals surface area contributed by atoms with Crippen molar-refractivity contribution in [2.24, 2.45) is 0 Å². The van der Waals surface area contributed by atoms with E-state index >= 15 is 0 Å². The van der Waals surface area contributed by atoms with Gasteiger partial charge in [0.2, 0.25) is 0 Å². The van der Waals surface area contributed by atoms with Gasteiger partial charge in [-0.25, -0.2) is 8.42 Å². The largest absolute Gasteiger partial charge is 0.433 e. The number of benzene rings is 2. The second-order valence-electron chi connectivity index (χ2n) is 4.92. The van der Waals surface area contributed by atoms with Crippen molar-refractivity contribution in [3.63, 3.8) is 0 Å². The Morgan fingerprint density at radius 3 is 2.38 bits per heavy atom. The third-order valence-corrected chi connectivity index (χ3v) is 4.83. The third kappa shape index (κ3) is 5.07. The van der Waals surface area contributed by atoms with Gasteiger partial charge in [0.25, 0.3) is 10.0 Å². The predicted molar refractivity (Wildman–Crippen MR) is 89.4 cm³/mol. The lowest BCUT2D eigenvalue weighted by atomic mass is 10.1. The maximum absolute atomic E-state index is 12.4. The number of rotatable bonds is 8. The van der Waals surface area contributed by atoms with Crippen molar-refractivity contribution in [3.05, 3.63) is 54.1 Å². The van der Waals surface area contributed by atoms with Crippen molar-refractivity contribution >= 4 is 27.3 Å². The second-order valence-corrected chi connectivity index (χ2v) is 6.98. The predicted octanol–water partition coefficient (Wildman–Crippen LogP) is 4.26. The Hall–Kier alpha value is -1.86. The number of alkyl halides is 3. The molecule has 2 rings (SSSR count). The molecule has 0 bridgehead atoms. The summed E-state index contributed by atoms with van der Waals surface area (Å²) in [7, 11) is -3.91. The number of hydrogen-bond donors (Lipinski definition) is 1. The Labute approximate surface area is 144 Å². The quantitative estimate of drug-likeness (QED) is 0.701. The summed E-state index contributed by atoms with van der Waals surface area (Å²) in [4.78, 5) is 0.0315. The molecule has 0 saturated carbocycles. The summed E-state index contributed by atoms with van der Waals surface area (Å²) in [6.07, 6.45) is 1.55. The number of ether oxygens (including phenoxy) is 1. The van der Waals surface area contributed by atoms with Crippen LogP contribution in [0.3, 0.4) is 0 Å². The van der Waals surface area contributed by atoms with Gasteiger partial charge in [0.1, 0.15) is 5.75 Å². The van der Waals surface area contributed by atoms with E-state index in [0.717, 1.165) is 18.4 Å². The summed E-state index contributed by atoms with van der Waals surface area (Å²) in [5, 5.41) is 0. The van der Waals surface area contributed by atoms with E-state index in [4.69, 9.17) is 11.6 Å². The molecule has 0 heterocycles. The van der Waals surface area contributed by atoms with E-state index in [1.165, 1.54) is 36.4 Å². The molecule has 130 valence electrons. The summed E-state index contributed by atoms with van der Waals surface area (Å²) in [6, 6.07) is 11.9. The van der Waals surface area contributed by atoms with Crippen molar-refractivity contribution < 1.29 is 21.9 Å². The number of halogens is 3. The SMILES string of the molecule is O=S(=O)(Nc1ccccc1OC(F)F)c1ccc(CCCCl)cc1. The fraction of sp³-hybridized carbons (Fsp3) is 0.250. The molecule has 24 heavy (non-hydrogen) atoms. The molecule has 2 aromatic carbocycles. The van der Waals surface area contributed by atoms with Gasteiger partial charge in [-0.1, -0.05) is 24.3 Å². The fourth-order valence-electron chi connectivity index (χ4n) is 2.06. The van der Waals surface area contributed by atoms with Crippen LogP contribution in [-0.2, 0) is 16.4 Å². The van der Waals surface area contributed by atoms with E-state index in [1.54, 1.807) is 12.1 Å². The van der Waals surface area contributed by atoms with E-state index in [1.807, 2.05) is 0 Å². The van der Waals surface area contributed by atoms with Crippen LogP contribution in [-0.4, -0.2) is 20.9 Å². The third-order valence-electron chi connectivity index (χ3n) is 3.18. The number of nitrogens with one attached hydrogen (secondary N) is 1. The van der Waals surface area contributed by atoms with Crippen LogP contribution in [0.2, 0.25) is 0 Å². The minimum atomic E-state index is -3.91. The number of hydrogen-bond acceptors (Lipinski definition) is 3. The smallest absolute Gasteiger partial charge is 0.387 e. The summed E-state index contributed by atoms with van der Waals surface area (Å²) >= 11 is 5.63. The lowest BCUT2D eigenvalue weighted by Crippen LogP contribution is -2.14. The van der Waals surface area contributed by atoms with Gasteiger partial charge in [-0.05, 0) is 42.7 Å². The molecule has 0 radical (unpaired) electrons. The molecular formula is C16H16ClF2NO3S. The zero-order chi connectivity index (χ0) is 17.6. The number of sulfonamides is 1. The van der Waals surface area contributed by atoms with Crippen LogP contribution >= 0.6 is 11.6 Å². The van der Waals surface area contributed by atoms with Gasteiger partial charge in [-0.2, -0.15) is 8.78 Å². The second kappa shape index (κ2) is 8.30. The molecule has 0 aliphatic rings. The van der Waals surface area contributed by atoms with Gasteiger partial charge in [0.05, 0.1) is 10.6 Å². The van der Waals surface area contributed by atoms with Crippen LogP contribution in [0.15, 0.2) is 53.4 Å². The minimum Gasteiger partial charge on any atom is -0.433 e. The van der Waals surface area contributed by atoms with Gasteiger partial charge in [0, 0.05) is 5.88 Å². The Morgan fingerprint density at radius 1 is 1.08 bits per heavy atom. The van der Waals surface area contributed by atoms with E-state index in [-0.39, 0.29) is 16.3 Å². The zero-order valence-corrected chi connectivity index (χ0v) is 14.2. The first-order valence-electron chi connectivity index (χ1n) is 7.14. The Morgan fingerprint density at radius 2 is 1.75 bits per heavy atom. The van der Waals surface area contributed by atoms with E-state index in [0.29, 0.717) is 5.88 Å². The zero-order valence-electron chi connectivity index (χ0n) is 12.6. The molecule has 8 heteroatoms. The molecule has 0 amide bonds. The first-order valence-corrected chi connectivity index (χ1v) is 9.16.